The van der Waals surface area contributed by atoms with Gasteiger partial charge in [0.1, 0.15) is 0 Å². The van der Waals surface area contributed by atoms with E-state index in [1.165, 1.54) is 13.1 Å². The van der Waals surface area contributed by atoms with Crippen molar-refractivity contribution in [2.45, 2.75) is 50.4 Å². The summed E-state index contributed by atoms with van der Waals surface area (Å²) in [7, 11) is 1.49. The normalized spacial score (nSPS) is 29.3. The fourth-order valence-corrected chi connectivity index (χ4v) is 4.09. The van der Waals surface area contributed by atoms with Gasteiger partial charge in [0, 0.05) is 38.2 Å². The molecule has 9 heteroatoms. The minimum atomic E-state index is -0.762. The van der Waals surface area contributed by atoms with Crippen LogP contribution in [0.25, 0.3) is 0 Å². The molecule has 34 heavy (non-hydrogen) atoms. The first-order valence-electron chi connectivity index (χ1n) is 11.6. The molecule has 3 unspecified atom stereocenters. The summed E-state index contributed by atoms with van der Waals surface area (Å²) < 4.78 is 0. The summed E-state index contributed by atoms with van der Waals surface area (Å²) in [5, 5.41) is 14.3. The van der Waals surface area contributed by atoms with E-state index in [0.717, 1.165) is 5.57 Å². The van der Waals surface area contributed by atoms with Gasteiger partial charge in [-0.3, -0.25) is 14.4 Å². The number of nitrogens with one attached hydrogen (secondary N) is 5. The number of fused-ring (bicyclic) bond motifs is 1. The molecule has 3 rings (SSSR count). The number of urea groups is 1. The molecule has 0 fully saturated rings. The minimum Gasteiger partial charge on any atom is -0.352 e. The average molecular weight is 468 g/mol. The van der Waals surface area contributed by atoms with E-state index >= 15 is 0 Å². The van der Waals surface area contributed by atoms with Crippen LogP contribution < -0.4 is 26.6 Å². The number of Topliss-reactive ketones (excluding diaryl/α,β-unsaturated/α-hetero) is 1. The van der Waals surface area contributed by atoms with Crippen LogP contribution in [0.1, 0.15) is 26.2 Å². The Hall–Kier alpha value is -3.46. The van der Waals surface area contributed by atoms with Gasteiger partial charge in [-0.1, -0.05) is 48.6 Å². The quantitative estimate of drug-likeness (QED) is 0.369. The van der Waals surface area contributed by atoms with Crippen LogP contribution in [0.15, 0.2) is 60.3 Å². The lowest BCUT2D eigenvalue weighted by atomic mass is 9.93. The summed E-state index contributed by atoms with van der Waals surface area (Å²) in [5.41, 5.74) is 1.13. The zero-order valence-electron chi connectivity index (χ0n) is 19.5. The highest BCUT2D eigenvalue weighted by Crippen LogP contribution is 2.22. The second-order valence-electron chi connectivity index (χ2n) is 8.61. The maximum atomic E-state index is 13.3. The van der Waals surface area contributed by atoms with Crippen LogP contribution in [-0.2, 0) is 14.4 Å². The third kappa shape index (κ3) is 7.28. The molecule has 0 spiro atoms. The molecule has 182 valence electrons. The molecule has 1 aliphatic carbocycles. The van der Waals surface area contributed by atoms with Crippen molar-refractivity contribution in [2.24, 2.45) is 5.92 Å². The van der Waals surface area contributed by atoms with Gasteiger partial charge in [0.25, 0.3) is 0 Å². The van der Waals surface area contributed by atoms with E-state index in [2.05, 4.69) is 32.7 Å². The number of allylic oxidation sites excluding steroid dienone is 2. The number of hydrogen-bond acceptors (Lipinski definition) is 5. The number of amides is 4. The van der Waals surface area contributed by atoms with E-state index in [9.17, 15) is 19.2 Å². The van der Waals surface area contributed by atoms with E-state index < -0.39 is 18.0 Å². The van der Waals surface area contributed by atoms with Gasteiger partial charge in [-0.05, 0) is 25.3 Å². The van der Waals surface area contributed by atoms with Crippen molar-refractivity contribution in [3.05, 3.63) is 60.3 Å². The van der Waals surface area contributed by atoms with Gasteiger partial charge in [-0.2, -0.15) is 0 Å². The molecule has 4 amide bonds. The van der Waals surface area contributed by atoms with E-state index in [4.69, 9.17) is 0 Å². The van der Waals surface area contributed by atoms with Crippen LogP contribution >= 0.6 is 0 Å². The molecule has 0 radical (unpaired) electrons. The summed E-state index contributed by atoms with van der Waals surface area (Å²) in [6.45, 7) is 2.19. The molecular weight excluding hydrogens is 434 g/mol. The van der Waals surface area contributed by atoms with Crippen LogP contribution in [0.2, 0.25) is 0 Å². The summed E-state index contributed by atoms with van der Waals surface area (Å²) >= 11 is 0. The molecule has 0 bridgehead atoms. The molecule has 0 aromatic heterocycles. The van der Waals surface area contributed by atoms with E-state index in [0.29, 0.717) is 19.4 Å². The van der Waals surface area contributed by atoms with Gasteiger partial charge >= 0.3 is 6.03 Å². The zero-order chi connectivity index (χ0) is 24.5. The second kappa shape index (κ2) is 12.1. The molecule has 5 N–H and O–H groups in total. The predicted octanol–water partition coefficient (Wildman–Crippen LogP) is 0.779. The SMILES string of the molecule is CNC(=O)NC(CC1C=C2C=CC=CC2N1)C(=O)C[C@H]1/C=C/CCNC(=O)/C=C/[C@H](C)NC1=O. The Morgan fingerprint density at radius 2 is 1.97 bits per heavy atom. The first-order chi connectivity index (χ1) is 16.4. The van der Waals surface area contributed by atoms with Crippen LogP contribution in [-0.4, -0.2) is 61.4 Å². The van der Waals surface area contributed by atoms with Crippen molar-refractivity contribution in [3.63, 3.8) is 0 Å². The smallest absolute Gasteiger partial charge is 0.315 e. The zero-order valence-corrected chi connectivity index (χ0v) is 19.5. The Labute approximate surface area is 199 Å². The summed E-state index contributed by atoms with van der Waals surface area (Å²) in [6.07, 6.45) is 17.4. The molecular formula is C25H33N5O4. The van der Waals surface area contributed by atoms with Crippen LogP contribution in [0.5, 0.6) is 0 Å². The predicted molar refractivity (Wildman–Crippen MR) is 130 cm³/mol. The lowest BCUT2D eigenvalue weighted by molar-refractivity contribution is -0.129. The minimum absolute atomic E-state index is 0.0493. The van der Waals surface area contributed by atoms with Crippen molar-refractivity contribution < 1.29 is 19.2 Å². The molecule has 0 aromatic rings. The van der Waals surface area contributed by atoms with Gasteiger partial charge in [-0.25, -0.2) is 4.79 Å². The Kier molecular flexibility index (Phi) is 8.98. The van der Waals surface area contributed by atoms with Gasteiger partial charge in [0.15, 0.2) is 5.78 Å². The monoisotopic (exact) mass is 467 g/mol. The second-order valence-corrected chi connectivity index (χ2v) is 8.61. The molecule has 9 nitrogen and oxygen atoms in total. The standard InChI is InChI=1S/C25H33N5O4/c1-16-10-11-23(32)27-12-6-5-8-18(24(33)28-16)14-22(31)21(30-25(34)26-2)15-19-13-17-7-3-4-9-20(17)29-19/h3-5,7-11,13,16,18-21,29H,6,12,14-15H2,1-2H3,(H,27,32)(H,28,33)(H2,26,30,34)/b8-5+,11-10+/t16-,18+,19?,20?,21?/m0/s1. The van der Waals surface area contributed by atoms with Gasteiger partial charge in [0.05, 0.1) is 18.0 Å². The number of carbonyl (C=O) groups is 4. The van der Waals surface area contributed by atoms with Crippen molar-refractivity contribution in [3.8, 4) is 0 Å². The molecule has 2 aliphatic heterocycles. The van der Waals surface area contributed by atoms with E-state index in [1.807, 2.05) is 24.3 Å². The largest absolute Gasteiger partial charge is 0.352 e. The summed E-state index contributed by atoms with van der Waals surface area (Å²) in [5.74, 6) is -1.43. The third-order valence-corrected chi connectivity index (χ3v) is 5.90. The first kappa shape index (κ1) is 25.2. The Bertz CT molecular complexity index is 949. The molecule has 0 saturated heterocycles. The fourth-order valence-electron chi connectivity index (χ4n) is 4.09. The highest BCUT2D eigenvalue weighted by Gasteiger charge is 2.31. The molecule has 5 atom stereocenters. The van der Waals surface area contributed by atoms with Gasteiger partial charge in [0.2, 0.25) is 11.8 Å². The van der Waals surface area contributed by atoms with Crippen LogP contribution in [0.4, 0.5) is 4.79 Å². The van der Waals surface area contributed by atoms with Crippen molar-refractivity contribution >= 4 is 23.6 Å². The van der Waals surface area contributed by atoms with Crippen LogP contribution in [0, 0.1) is 5.92 Å². The summed E-state index contributed by atoms with van der Waals surface area (Å²) in [4.78, 5) is 50.0. The number of ketones is 1. The molecule has 0 aromatic carbocycles. The van der Waals surface area contributed by atoms with Crippen LogP contribution in [0.3, 0.4) is 0 Å². The summed E-state index contributed by atoms with van der Waals surface area (Å²) in [6, 6.07) is -1.58. The molecule has 2 heterocycles. The highest BCUT2D eigenvalue weighted by molar-refractivity contribution is 5.93. The topological polar surface area (TPSA) is 128 Å². The number of rotatable bonds is 6. The average Bonchev–Trinajstić information content (AvgIpc) is 3.22. The van der Waals surface area contributed by atoms with Gasteiger partial charge in [-0.15, -0.1) is 0 Å². The first-order valence-corrected chi connectivity index (χ1v) is 11.6. The Morgan fingerprint density at radius 3 is 2.74 bits per heavy atom. The Balaban J connectivity index is 1.70. The maximum absolute atomic E-state index is 13.3. The lowest BCUT2D eigenvalue weighted by Crippen LogP contribution is -2.49. The van der Waals surface area contributed by atoms with Crippen molar-refractivity contribution in [1.29, 1.82) is 0 Å². The van der Waals surface area contributed by atoms with E-state index in [1.54, 1.807) is 25.2 Å². The fraction of sp³-hybridized carbons (Fsp3) is 0.440. The van der Waals surface area contributed by atoms with Crippen molar-refractivity contribution in [1.82, 2.24) is 26.6 Å². The maximum Gasteiger partial charge on any atom is 0.315 e. The number of carbonyl (C=O) groups excluding carboxylic acids is 4. The molecule has 0 saturated carbocycles. The van der Waals surface area contributed by atoms with Crippen molar-refractivity contribution in [2.75, 3.05) is 13.6 Å². The lowest BCUT2D eigenvalue weighted by Gasteiger charge is -2.23. The van der Waals surface area contributed by atoms with Gasteiger partial charge < -0.3 is 26.6 Å². The number of hydrogen-bond donors (Lipinski definition) is 5. The highest BCUT2D eigenvalue weighted by atomic mass is 16.2. The molecule has 3 aliphatic rings. The Morgan fingerprint density at radius 1 is 1.15 bits per heavy atom. The third-order valence-electron chi connectivity index (χ3n) is 5.90. The van der Waals surface area contributed by atoms with E-state index in [-0.39, 0.29) is 42.1 Å².